The molecule has 1 amide bonds. The maximum atomic E-state index is 12.4. The molecule has 0 spiro atoms. The summed E-state index contributed by atoms with van der Waals surface area (Å²) in [5, 5.41) is 3.71. The van der Waals surface area contributed by atoms with Gasteiger partial charge in [0.2, 0.25) is 0 Å². The number of amides is 1. The monoisotopic (exact) mass is 296 g/mol. The van der Waals surface area contributed by atoms with Gasteiger partial charge in [0.1, 0.15) is 4.88 Å². The molecule has 5 nitrogen and oxygen atoms in total. The Morgan fingerprint density at radius 1 is 1.42 bits per heavy atom. The predicted molar refractivity (Wildman–Crippen MR) is 78.0 cm³/mol. The van der Waals surface area contributed by atoms with E-state index in [-0.39, 0.29) is 18.3 Å². The van der Waals surface area contributed by atoms with Crippen LogP contribution in [0.25, 0.3) is 0 Å². The van der Waals surface area contributed by atoms with E-state index in [0.717, 1.165) is 41.3 Å². The molecule has 3 rings (SSSR count). The summed E-state index contributed by atoms with van der Waals surface area (Å²) in [5.41, 5.74) is 8.70. The van der Waals surface area contributed by atoms with E-state index in [1.807, 2.05) is 18.2 Å². The van der Waals surface area contributed by atoms with Crippen molar-refractivity contribution in [1.29, 1.82) is 0 Å². The minimum absolute atomic E-state index is 0. The van der Waals surface area contributed by atoms with E-state index in [4.69, 9.17) is 5.73 Å². The third-order valence-corrected chi connectivity index (χ3v) is 3.76. The Kier molecular flexibility index (Phi) is 4.01. The Hall–Kier alpha value is -1.66. The number of halogens is 1. The number of nitrogen functional groups attached to an aromatic ring is 1. The number of nitrogens with two attached hydrogens (primary N) is 1. The maximum Gasteiger partial charge on any atom is 0.271 e. The quantitative estimate of drug-likeness (QED) is 0.818. The topological polar surface area (TPSA) is 72.1 Å². The summed E-state index contributed by atoms with van der Waals surface area (Å²) >= 11 is 1.12. The lowest BCUT2D eigenvalue weighted by Gasteiger charge is -2.29. The molecular formula is C12H13ClN4OS. The van der Waals surface area contributed by atoms with Gasteiger partial charge >= 0.3 is 0 Å². The first-order valence-electron chi connectivity index (χ1n) is 5.74. The molecule has 2 aromatic rings. The smallest absolute Gasteiger partial charge is 0.271 e. The van der Waals surface area contributed by atoms with Gasteiger partial charge in [-0.2, -0.15) is 0 Å². The highest BCUT2D eigenvalue weighted by atomic mass is 35.5. The van der Waals surface area contributed by atoms with E-state index in [0.29, 0.717) is 11.4 Å². The fraction of sp³-hybridized carbons (Fsp3) is 0.250. The largest absolute Gasteiger partial charge is 0.398 e. The molecule has 1 aliphatic heterocycles. The Morgan fingerprint density at radius 3 is 3.00 bits per heavy atom. The normalized spacial score (nSPS) is 13.6. The van der Waals surface area contributed by atoms with Gasteiger partial charge in [0.25, 0.3) is 5.91 Å². The Bertz CT molecular complexity index is 587. The van der Waals surface area contributed by atoms with Crippen molar-refractivity contribution < 1.29 is 4.79 Å². The summed E-state index contributed by atoms with van der Waals surface area (Å²) in [6.07, 6.45) is 3.36. The fourth-order valence-corrected chi connectivity index (χ4v) is 2.72. The van der Waals surface area contributed by atoms with Crippen molar-refractivity contribution in [3.63, 3.8) is 0 Å². The van der Waals surface area contributed by atoms with E-state index in [1.165, 1.54) is 6.20 Å². The summed E-state index contributed by atoms with van der Waals surface area (Å²) in [6, 6.07) is 5.70. The van der Waals surface area contributed by atoms with Crippen LogP contribution in [0.2, 0.25) is 0 Å². The summed E-state index contributed by atoms with van der Waals surface area (Å²) in [6.45, 7) is 0.715. The second kappa shape index (κ2) is 5.54. The second-order valence-electron chi connectivity index (χ2n) is 4.19. The highest BCUT2D eigenvalue weighted by Crippen LogP contribution is 2.32. The predicted octanol–water partition coefficient (Wildman–Crippen LogP) is 2.14. The summed E-state index contributed by atoms with van der Waals surface area (Å²) < 4.78 is 3.73. The summed E-state index contributed by atoms with van der Waals surface area (Å²) in [4.78, 5) is 14.7. The van der Waals surface area contributed by atoms with Crippen molar-refractivity contribution in [3.8, 4) is 0 Å². The number of carbonyl (C=O) groups excluding carboxylic acids is 1. The molecule has 0 saturated heterocycles. The number of nitrogens with zero attached hydrogens (tertiary/aromatic N) is 3. The molecule has 0 saturated carbocycles. The van der Waals surface area contributed by atoms with Crippen LogP contribution in [0.5, 0.6) is 0 Å². The van der Waals surface area contributed by atoms with Crippen LogP contribution in [0.3, 0.4) is 0 Å². The molecule has 2 N–H and O–H groups in total. The van der Waals surface area contributed by atoms with Gasteiger partial charge in [0.15, 0.2) is 0 Å². The van der Waals surface area contributed by atoms with Gasteiger partial charge in [-0.25, -0.2) is 0 Å². The molecular weight excluding hydrogens is 284 g/mol. The van der Waals surface area contributed by atoms with Gasteiger partial charge in [-0.1, -0.05) is 10.6 Å². The SMILES string of the molecule is Cl.Nc1cccc2c1CCCN2C(=O)c1cnns1. The van der Waals surface area contributed by atoms with Gasteiger partial charge in [0.05, 0.1) is 6.20 Å². The number of aromatic nitrogens is 2. The standard InChI is InChI=1S/C12H12N4OS.ClH/c13-9-4-1-5-10-8(9)3-2-6-16(10)12(17)11-7-14-15-18-11;/h1,4-5,7H,2-3,6,13H2;1H. The molecule has 0 unspecified atom stereocenters. The fourth-order valence-electron chi connectivity index (χ4n) is 2.26. The molecule has 0 atom stereocenters. The van der Waals surface area contributed by atoms with Gasteiger partial charge < -0.3 is 10.6 Å². The summed E-state index contributed by atoms with van der Waals surface area (Å²) in [7, 11) is 0. The zero-order chi connectivity index (χ0) is 12.5. The molecule has 1 aromatic heterocycles. The van der Waals surface area contributed by atoms with Crippen molar-refractivity contribution in [2.45, 2.75) is 12.8 Å². The van der Waals surface area contributed by atoms with Crippen LogP contribution in [0.15, 0.2) is 24.4 Å². The van der Waals surface area contributed by atoms with E-state index >= 15 is 0 Å². The Balaban J connectivity index is 0.00000133. The van der Waals surface area contributed by atoms with Crippen LogP contribution >= 0.6 is 23.9 Å². The van der Waals surface area contributed by atoms with Crippen molar-refractivity contribution in [3.05, 3.63) is 34.8 Å². The van der Waals surface area contributed by atoms with Crippen molar-refractivity contribution in [1.82, 2.24) is 9.59 Å². The highest BCUT2D eigenvalue weighted by Gasteiger charge is 2.25. The van der Waals surface area contributed by atoms with Crippen molar-refractivity contribution >= 4 is 41.2 Å². The molecule has 2 heterocycles. The van der Waals surface area contributed by atoms with E-state index < -0.39 is 0 Å². The van der Waals surface area contributed by atoms with Crippen molar-refractivity contribution in [2.24, 2.45) is 0 Å². The molecule has 1 aliphatic rings. The van der Waals surface area contributed by atoms with Gasteiger partial charge in [-0.3, -0.25) is 4.79 Å². The van der Waals surface area contributed by atoms with Crippen LogP contribution < -0.4 is 10.6 Å². The number of rotatable bonds is 1. The average molecular weight is 297 g/mol. The maximum absolute atomic E-state index is 12.4. The number of benzene rings is 1. The van der Waals surface area contributed by atoms with E-state index in [2.05, 4.69) is 9.59 Å². The molecule has 0 aliphatic carbocycles. The lowest BCUT2D eigenvalue weighted by molar-refractivity contribution is 0.0989. The molecule has 0 radical (unpaired) electrons. The first-order chi connectivity index (χ1) is 8.77. The zero-order valence-corrected chi connectivity index (χ0v) is 11.7. The molecule has 0 fully saturated rings. The number of hydrogen-bond acceptors (Lipinski definition) is 5. The van der Waals surface area contributed by atoms with Crippen LogP contribution in [0.1, 0.15) is 21.7 Å². The third kappa shape index (κ3) is 2.41. The lowest BCUT2D eigenvalue weighted by atomic mass is 10.00. The molecule has 1 aromatic carbocycles. The molecule has 7 heteroatoms. The first kappa shape index (κ1) is 13.8. The average Bonchev–Trinajstić information content (AvgIpc) is 2.92. The number of fused-ring (bicyclic) bond motifs is 1. The van der Waals surface area contributed by atoms with Crippen molar-refractivity contribution in [2.75, 3.05) is 17.2 Å². The second-order valence-corrected chi connectivity index (χ2v) is 4.97. The Labute approximate surface area is 121 Å². The lowest BCUT2D eigenvalue weighted by Crippen LogP contribution is -2.35. The Morgan fingerprint density at radius 2 is 2.26 bits per heavy atom. The first-order valence-corrected chi connectivity index (χ1v) is 6.51. The number of hydrogen-bond donors (Lipinski definition) is 1. The molecule has 19 heavy (non-hydrogen) atoms. The van der Waals surface area contributed by atoms with E-state index in [1.54, 1.807) is 4.90 Å². The van der Waals surface area contributed by atoms with Crippen LogP contribution in [0.4, 0.5) is 11.4 Å². The zero-order valence-electron chi connectivity index (χ0n) is 10.1. The minimum atomic E-state index is -0.0449. The highest BCUT2D eigenvalue weighted by molar-refractivity contribution is 7.07. The van der Waals surface area contributed by atoms with Crippen LogP contribution in [0, 0.1) is 0 Å². The van der Waals surface area contributed by atoms with Crippen LogP contribution in [-0.2, 0) is 6.42 Å². The molecule has 0 bridgehead atoms. The van der Waals surface area contributed by atoms with E-state index in [9.17, 15) is 4.79 Å². The van der Waals surface area contributed by atoms with Gasteiger partial charge in [-0.05, 0) is 42.1 Å². The van der Waals surface area contributed by atoms with Gasteiger partial charge in [-0.15, -0.1) is 17.5 Å². The summed E-state index contributed by atoms with van der Waals surface area (Å²) in [5.74, 6) is -0.0449. The molecule has 100 valence electrons. The number of carbonyl (C=O) groups is 1. The van der Waals surface area contributed by atoms with Crippen LogP contribution in [-0.4, -0.2) is 22.0 Å². The minimum Gasteiger partial charge on any atom is -0.398 e. The third-order valence-electron chi connectivity index (χ3n) is 3.10. The van der Waals surface area contributed by atoms with Gasteiger partial charge in [0, 0.05) is 17.9 Å². The number of anilines is 2.